The zero-order valence-electron chi connectivity index (χ0n) is 43.1. The molecule has 0 aliphatic heterocycles. The summed E-state index contributed by atoms with van der Waals surface area (Å²) in [6.07, 6.45) is 68.2. The highest BCUT2D eigenvalue weighted by molar-refractivity contribution is 5.72. The van der Waals surface area contributed by atoms with Gasteiger partial charge in [-0.25, -0.2) is 4.79 Å². The number of likely N-dealkylation sites (N-methyl/N-ethyl adjacent to an activating group) is 1. The Balaban J connectivity index is 4.35. The van der Waals surface area contributed by atoms with E-state index in [1.54, 1.807) is 0 Å². The minimum absolute atomic E-state index is 0.0397. The van der Waals surface area contributed by atoms with E-state index in [1.807, 2.05) is 21.1 Å². The Bertz CT molecular complexity index is 1500. The Morgan fingerprint density at radius 2 is 0.791 bits per heavy atom. The number of carboxylic acids is 1. The van der Waals surface area contributed by atoms with Gasteiger partial charge in [0.05, 0.1) is 34.4 Å². The summed E-state index contributed by atoms with van der Waals surface area (Å²) in [4.78, 5) is 37.2. The number of allylic oxidation sites excluding steroid dienone is 20. The van der Waals surface area contributed by atoms with Gasteiger partial charge in [-0.15, -0.1) is 0 Å². The highest BCUT2D eigenvalue weighted by atomic mass is 16.6. The van der Waals surface area contributed by atoms with Crippen molar-refractivity contribution in [2.24, 2.45) is 0 Å². The summed E-state index contributed by atoms with van der Waals surface area (Å²) < 4.78 is 17.3. The molecule has 0 spiro atoms. The zero-order valence-corrected chi connectivity index (χ0v) is 43.1. The van der Waals surface area contributed by atoms with Crippen LogP contribution in [-0.4, -0.2) is 80.6 Å². The number of carbonyl (C=O) groups excluding carboxylic acids is 2. The molecular weight excluding hydrogens is 835 g/mol. The van der Waals surface area contributed by atoms with E-state index in [0.29, 0.717) is 19.3 Å². The van der Waals surface area contributed by atoms with Crippen LogP contribution in [0.3, 0.4) is 0 Å². The number of unbranched alkanes of at least 4 members (excludes halogenated alkanes) is 11. The second-order valence-electron chi connectivity index (χ2n) is 18.0. The molecule has 0 heterocycles. The average molecular weight is 931 g/mol. The number of nitrogens with zero attached hydrogens (tertiary/aromatic N) is 1. The van der Waals surface area contributed by atoms with Crippen LogP contribution in [0.1, 0.15) is 181 Å². The van der Waals surface area contributed by atoms with Crippen LogP contribution in [-0.2, 0) is 28.6 Å². The average Bonchev–Trinajstić information content (AvgIpc) is 3.29. The van der Waals surface area contributed by atoms with Crippen LogP contribution in [0.4, 0.5) is 0 Å². The Morgan fingerprint density at radius 1 is 0.448 bits per heavy atom. The maximum atomic E-state index is 12.8. The van der Waals surface area contributed by atoms with Crippen molar-refractivity contribution in [2.45, 2.75) is 193 Å². The molecular formula is C59H96NO7+. The molecule has 2 atom stereocenters. The van der Waals surface area contributed by atoms with Crippen LogP contribution in [0.15, 0.2) is 122 Å². The lowest BCUT2D eigenvalue weighted by Crippen LogP contribution is -2.50. The maximum Gasteiger partial charge on any atom is 0.362 e. The first-order valence-electron chi connectivity index (χ1n) is 26.1. The van der Waals surface area contributed by atoms with E-state index in [1.165, 1.54) is 19.3 Å². The summed E-state index contributed by atoms with van der Waals surface area (Å²) >= 11 is 0. The molecule has 0 bridgehead atoms. The Labute approximate surface area is 410 Å². The molecule has 0 aliphatic rings. The van der Waals surface area contributed by atoms with Gasteiger partial charge in [-0.3, -0.25) is 9.59 Å². The summed E-state index contributed by atoms with van der Waals surface area (Å²) in [6.45, 7) is 4.46. The standard InChI is InChI=1S/C59H95NO7/c1-6-8-10-12-14-16-18-20-22-24-26-28-29-30-32-33-35-37-39-41-43-45-47-49-57(61)66-54-55(53-65-52-51-56(59(63)64)60(3,4)5)67-58(62)50-48-46-44-42-40-38-36-34-31-27-25-23-21-19-17-15-13-11-9-7-2/h8-11,14-17,20-23,26-28,30-32,35,37,55-56H,6-7,12-13,18-19,24-25,29,33-34,36,38-54H2,1-5H3/p+1/b10-8+,11-9+,16-14+,17-15+,22-20+,23-21+,28-26+,31-27+,32-30+,37-35+. The highest BCUT2D eigenvalue weighted by Gasteiger charge is 2.31. The van der Waals surface area contributed by atoms with Crippen molar-refractivity contribution in [3.05, 3.63) is 122 Å². The van der Waals surface area contributed by atoms with Crippen LogP contribution in [0.5, 0.6) is 0 Å². The number of rotatable bonds is 45. The fraction of sp³-hybridized carbons (Fsp3) is 0.610. The van der Waals surface area contributed by atoms with Crippen molar-refractivity contribution in [1.29, 1.82) is 0 Å². The molecule has 0 radical (unpaired) electrons. The van der Waals surface area contributed by atoms with Gasteiger partial charge in [0.15, 0.2) is 12.1 Å². The highest BCUT2D eigenvalue weighted by Crippen LogP contribution is 2.13. The summed E-state index contributed by atoms with van der Waals surface area (Å²) in [6, 6.07) is -0.630. The van der Waals surface area contributed by atoms with Gasteiger partial charge in [0.1, 0.15) is 6.61 Å². The quantitative estimate of drug-likeness (QED) is 0.0281. The molecule has 1 N–H and O–H groups in total. The molecule has 0 aliphatic carbocycles. The van der Waals surface area contributed by atoms with E-state index in [-0.39, 0.29) is 36.2 Å². The van der Waals surface area contributed by atoms with Crippen LogP contribution in [0, 0.1) is 0 Å². The first kappa shape index (κ1) is 62.7. The van der Waals surface area contributed by atoms with Gasteiger partial charge in [-0.05, 0) is 103 Å². The number of hydrogen-bond donors (Lipinski definition) is 1. The number of carboxylic acid groups (broad SMARTS) is 1. The third-order valence-electron chi connectivity index (χ3n) is 10.9. The monoisotopic (exact) mass is 931 g/mol. The van der Waals surface area contributed by atoms with Crippen LogP contribution >= 0.6 is 0 Å². The van der Waals surface area contributed by atoms with Crippen molar-refractivity contribution in [2.75, 3.05) is 41.0 Å². The largest absolute Gasteiger partial charge is 0.477 e. The van der Waals surface area contributed by atoms with Crippen LogP contribution in [0.25, 0.3) is 0 Å². The fourth-order valence-corrected chi connectivity index (χ4v) is 6.91. The van der Waals surface area contributed by atoms with Gasteiger partial charge in [0, 0.05) is 19.3 Å². The number of quaternary nitrogens is 1. The Morgan fingerprint density at radius 3 is 1.16 bits per heavy atom. The second kappa shape index (κ2) is 48.2. The van der Waals surface area contributed by atoms with Crippen LogP contribution in [0.2, 0.25) is 0 Å². The smallest absolute Gasteiger partial charge is 0.362 e. The van der Waals surface area contributed by atoms with Crippen molar-refractivity contribution >= 4 is 17.9 Å². The number of esters is 2. The fourth-order valence-electron chi connectivity index (χ4n) is 6.91. The summed E-state index contributed by atoms with van der Waals surface area (Å²) in [7, 11) is 5.51. The predicted octanol–water partition coefficient (Wildman–Crippen LogP) is 15.4. The number of ether oxygens (including phenoxy) is 3. The maximum absolute atomic E-state index is 12.8. The lowest BCUT2D eigenvalue weighted by molar-refractivity contribution is -0.887. The first-order valence-corrected chi connectivity index (χ1v) is 26.1. The Hall–Kier alpha value is -4.27. The molecule has 0 saturated heterocycles. The van der Waals surface area contributed by atoms with Crippen molar-refractivity contribution in [3.63, 3.8) is 0 Å². The lowest BCUT2D eigenvalue weighted by atomic mass is 10.1. The molecule has 0 amide bonds. The van der Waals surface area contributed by atoms with Gasteiger partial charge < -0.3 is 23.8 Å². The number of carbonyl (C=O) groups is 3. The normalized spacial score (nSPS) is 13.9. The third-order valence-corrected chi connectivity index (χ3v) is 10.9. The molecule has 0 fully saturated rings. The number of hydrogen-bond acceptors (Lipinski definition) is 6. The van der Waals surface area contributed by atoms with Crippen molar-refractivity contribution in [3.8, 4) is 0 Å². The molecule has 0 rings (SSSR count). The molecule has 0 saturated carbocycles. The van der Waals surface area contributed by atoms with E-state index in [0.717, 1.165) is 128 Å². The lowest BCUT2D eigenvalue weighted by Gasteiger charge is -2.31. The van der Waals surface area contributed by atoms with E-state index in [4.69, 9.17) is 14.2 Å². The third kappa shape index (κ3) is 46.6. The van der Waals surface area contributed by atoms with Gasteiger partial charge >= 0.3 is 17.9 Å². The minimum atomic E-state index is -0.886. The molecule has 0 aromatic rings. The summed E-state index contributed by atoms with van der Waals surface area (Å²) in [5.74, 6) is -1.53. The molecule has 2 unspecified atom stereocenters. The number of aliphatic carboxylic acids is 1. The van der Waals surface area contributed by atoms with E-state index in [9.17, 15) is 19.5 Å². The van der Waals surface area contributed by atoms with Crippen LogP contribution < -0.4 is 0 Å². The zero-order chi connectivity index (χ0) is 49.2. The molecule has 0 aromatic carbocycles. The van der Waals surface area contributed by atoms with Gasteiger partial charge in [0.2, 0.25) is 0 Å². The van der Waals surface area contributed by atoms with E-state index >= 15 is 0 Å². The first-order chi connectivity index (χ1) is 32.6. The topological polar surface area (TPSA) is 99.1 Å². The minimum Gasteiger partial charge on any atom is -0.477 e. The van der Waals surface area contributed by atoms with Crippen molar-refractivity contribution in [1.82, 2.24) is 0 Å². The van der Waals surface area contributed by atoms with E-state index < -0.39 is 18.1 Å². The summed E-state index contributed by atoms with van der Waals surface area (Å²) in [5.41, 5.74) is 0. The SMILES string of the molecule is CC/C=C/C/C=C/C/C=C/C/C=C/C/C=C/C/C=C/CCCCCCC(=O)OCC(COCCC(C(=O)O)[N+](C)(C)C)OC(=O)CCCCCCCCC/C=C/C/C=C/C/C=C/C/C=C/CC. The molecule has 8 heteroatoms. The molecule has 378 valence electrons. The Kier molecular flexibility index (Phi) is 45.1. The predicted molar refractivity (Wildman–Crippen MR) is 284 cm³/mol. The second-order valence-corrected chi connectivity index (χ2v) is 18.0. The molecule has 0 aromatic heterocycles. The van der Waals surface area contributed by atoms with Gasteiger partial charge in [-0.2, -0.15) is 0 Å². The molecule has 67 heavy (non-hydrogen) atoms. The molecule has 8 nitrogen and oxygen atoms in total. The van der Waals surface area contributed by atoms with Gasteiger partial charge in [-0.1, -0.05) is 180 Å². The van der Waals surface area contributed by atoms with E-state index in [2.05, 4.69) is 135 Å². The summed E-state index contributed by atoms with van der Waals surface area (Å²) in [5, 5.41) is 9.66. The van der Waals surface area contributed by atoms with Crippen molar-refractivity contribution < 1.29 is 38.2 Å². The van der Waals surface area contributed by atoms with Gasteiger partial charge in [0.25, 0.3) is 0 Å².